The van der Waals surface area contributed by atoms with Crippen LogP contribution in [0.2, 0.25) is 0 Å². The van der Waals surface area contributed by atoms with Gasteiger partial charge in [-0.05, 0) is 42.5 Å². The molecule has 3 aromatic carbocycles. The van der Waals surface area contributed by atoms with Gasteiger partial charge in [0.1, 0.15) is 0 Å². The number of hydrogen-bond acceptors (Lipinski definition) is 2. The monoisotopic (exact) mass is 468 g/mol. The van der Waals surface area contributed by atoms with Gasteiger partial charge in [-0.25, -0.2) is 0 Å². The fourth-order valence-electron chi connectivity index (χ4n) is 2.75. The first-order valence-electron chi connectivity index (χ1n) is 8.41. The summed E-state index contributed by atoms with van der Waals surface area (Å²) in [5, 5.41) is 13.1. The molecule has 0 unspecified atom stereocenters. The molecule has 0 bridgehead atoms. The van der Waals surface area contributed by atoms with Crippen LogP contribution in [-0.2, 0) is 25.2 Å². The van der Waals surface area contributed by atoms with E-state index in [9.17, 15) is 0 Å². The summed E-state index contributed by atoms with van der Waals surface area (Å²) in [4.78, 5) is 8.89. The van der Waals surface area contributed by atoms with Crippen molar-refractivity contribution in [2.24, 2.45) is 0 Å². The maximum Gasteiger partial charge on any atom is 2.00 e. The smallest absolute Gasteiger partial charge is 0.550 e. The first-order chi connectivity index (χ1) is 12.4. The van der Waals surface area contributed by atoms with Gasteiger partial charge in [-0.2, -0.15) is 18.6 Å². The predicted octanol–water partition coefficient (Wildman–Crippen LogP) is 3.00. The Labute approximate surface area is 177 Å². The van der Waals surface area contributed by atoms with E-state index in [0.717, 1.165) is 12.5 Å². The molecule has 4 heteroatoms. The van der Waals surface area contributed by atoms with Crippen molar-refractivity contribution in [3.8, 4) is 0 Å². The molecule has 0 heterocycles. The molecule has 0 fully saturated rings. The quantitative estimate of drug-likeness (QED) is 0.337. The fraction of sp³-hybridized carbons (Fsp3) is 0.130. The molecule has 0 aromatic heterocycles. The van der Waals surface area contributed by atoms with Gasteiger partial charge in [0.05, 0.1) is 0 Å². The van der Waals surface area contributed by atoms with Crippen LogP contribution >= 0.6 is 7.92 Å². The maximum atomic E-state index is 8.89. The van der Waals surface area contributed by atoms with Crippen LogP contribution in [0.3, 0.4) is 0 Å². The Hall–Kier alpha value is -1.91. The molecule has 0 radical (unpaired) electrons. The van der Waals surface area contributed by atoms with Crippen molar-refractivity contribution in [3.05, 3.63) is 96.4 Å². The summed E-state index contributed by atoms with van der Waals surface area (Å²) in [7, 11) is -0.571. The standard InChI is InChI=1S/C21H20P.C2H4O2.Pd/c1-16-10-4-7-13-19(16)22(20-14-8-5-11-17(20)2)21-15-9-6-12-18(21)3;1-2(3)4;/h4-15H,1H2,2-3H3;1H3,(H,3,4);/q-1;;+2/p-1. The minimum atomic E-state index is -1.08. The maximum absolute atomic E-state index is 8.89. The van der Waals surface area contributed by atoms with E-state index in [-0.39, 0.29) is 20.4 Å². The topological polar surface area (TPSA) is 40.1 Å². The number of benzene rings is 3. The fourth-order valence-corrected chi connectivity index (χ4v) is 5.45. The van der Waals surface area contributed by atoms with E-state index in [4.69, 9.17) is 9.90 Å². The summed E-state index contributed by atoms with van der Waals surface area (Å²) in [6.45, 7) is 9.65. The molecule has 0 atom stereocenters. The molecule has 3 rings (SSSR count). The van der Waals surface area contributed by atoms with Gasteiger partial charge >= 0.3 is 20.4 Å². The third-order valence-corrected chi connectivity index (χ3v) is 6.83. The number of hydrogen-bond donors (Lipinski definition) is 0. The van der Waals surface area contributed by atoms with E-state index in [1.54, 1.807) is 0 Å². The Morgan fingerprint density at radius 2 is 1.11 bits per heavy atom. The zero-order chi connectivity index (χ0) is 19.1. The van der Waals surface area contributed by atoms with E-state index >= 15 is 0 Å². The van der Waals surface area contributed by atoms with E-state index in [1.165, 1.54) is 27.0 Å². The second kappa shape index (κ2) is 11.1. The molecule has 0 amide bonds. The van der Waals surface area contributed by atoms with Crippen molar-refractivity contribution in [1.82, 2.24) is 0 Å². The number of rotatable bonds is 3. The number of carbonyl (C=O) groups is 1. The minimum absolute atomic E-state index is 0. The molecular formula is C23H23O2PPd. The summed E-state index contributed by atoms with van der Waals surface area (Å²) in [5.74, 6) is -1.08. The van der Waals surface area contributed by atoms with Crippen LogP contribution in [0.5, 0.6) is 0 Å². The molecule has 0 saturated carbocycles. The van der Waals surface area contributed by atoms with Gasteiger partial charge in [-0.15, -0.1) is 17.4 Å². The number of aryl methyl sites for hydroxylation is 2. The Kier molecular flexibility index (Phi) is 9.47. The number of carboxylic acids is 1. The largest absolute Gasteiger partial charge is 2.00 e. The van der Waals surface area contributed by atoms with Gasteiger partial charge in [-0.3, -0.25) is 0 Å². The van der Waals surface area contributed by atoms with Gasteiger partial charge in [0, 0.05) is 5.97 Å². The molecule has 2 nitrogen and oxygen atoms in total. The van der Waals surface area contributed by atoms with Gasteiger partial charge in [0.25, 0.3) is 0 Å². The van der Waals surface area contributed by atoms with Crippen molar-refractivity contribution in [2.45, 2.75) is 20.8 Å². The van der Waals surface area contributed by atoms with Gasteiger partial charge < -0.3 is 9.90 Å². The second-order valence-electron chi connectivity index (χ2n) is 6.03. The van der Waals surface area contributed by atoms with Crippen molar-refractivity contribution < 1.29 is 30.3 Å². The zero-order valence-electron chi connectivity index (χ0n) is 15.7. The first kappa shape index (κ1) is 23.1. The molecule has 142 valence electrons. The van der Waals surface area contributed by atoms with E-state index in [2.05, 4.69) is 93.6 Å². The predicted molar refractivity (Wildman–Crippen MR) is 110 cm³/mol. The van der Waals surface area contributed by atoms with Crippen LogP contribution in [0.15, 0.2) is 72.8 Å². The van der Waals surface area contributed by atoms with Crippen LogP contribution in [0.1, 0.15) is 23.6 Å². The van der Waals surface area contributed by atoms with Crippen LogP contribution in [0.25, 0.3) is 0 Å². The minimum Gasteiger partial charge on any atom is -0.550 e. The van der Waals surface area contributed by atoms with Crippen molar-refractivity contribution in [2.75, 3.05) is 0 Å². The summed E-state index contributed by atoms with van der Waals surface area (Å²) in [6.07, 6.45) is 0. The van der Waals surface area contributed by atoms with Crippen molar-refractivity contribution in [3.63, 3.8) is 0 Å². The van der Waals surface area contributed by atoms with E-state index in [0.29, 0.717) is 0 Å². The van der Waals surface area contributed by atoms with Crippen LogP contribution in [0.4, 0.5) is 0 Å². The van der Waals surface area contributed by atoms with E-state index in [1.807, 2.05) is 0 Å². The first-order valence-corrected chi connectivity index (χ1v) is 9.76. The summed E-state index contributed by atoms with van der Waals surface area (Å²) >= 11 is 0. The summed E-state index contributed by atoms with van der Waals surface area (Å²) in [6, 6.07) is 26.0. The molecule has 0 aliphatic rings. The van der Waals surface area contributed by atoms with Crippen LogP contribution < -0.4 is 21.0 Å². The van der Waals surface area contributed by atoms with E-state index < -0.39 is 13.9 Å². The zero-order valence-corrected chi connectivity index (χ0v) is 18.2. The summed E-state index contributed by atoms with van der Waals surface area (Å²) in [5.41, 5.74) is 3.82. The van der Waals surface area contributed by atoms with Crippen molar-refractivity contribution in [1.29, 1.82) is 0 Å². The average Bonchev–Trinajstić information content (AvgIpc) is 2.59. The molecule has 0 saturated heterocycles. The number of carboxylic acid groups (broad SMARTS) is 1. The van der Waals surface area contributed by atoms with Gasteiger partial charge in [0.15, 0.2) is 0 Å². The Bertz CT molecular complexity index is 781. The van der Waals surface area contributed by atoms with Gasteiger partial charge in [-0.1, -0.05) is 62.5 Å². The number of carbonyl (C=O) groups excluding carboxylic acids is 1. The van der Waals surface area contributed by atoms with Crippen LogP contribution in [0, 0.1) is 20.8 Å². The number of aliphatic carboxylic acids is 1. The molecule has 0 aliphatic carbocycles. The molecule has 0 spiro atoms. The molecule has 27 heavy (non-hydrogen) atoms. The normalized spacial score (nSPS) is 9.78. The summed E-state index contributed by atoms with van der Waals surface area (Å²) < 4.78 is 0. The van der Waals surface area contributed by atoms with Crippen molar-refractivity contribution >= 4 is 29.8 Å². The molecule has 3 aromatic rings. The Balaban J connectivity index is 0.000000666. The SMILES string of the molecule is CC(=O)[O-].[CH2-]c1ccccc1P(c1ccccc1C)c1ccccc1C.[Pd+2]. The third-order valence-electron chi connectivity index (χ3n) is 3.95. The Morgan fingerprint density at radius 3 is 1.48 bits per heavy atom. The average molecular weight is 469 g/mol. The van der Waals surface area contributed by atoms with Gasteiger partial charge in [0.2, 0.25) is 0 Å². The second-order valence-corrected chi connectivity index (χ2v) is 8.14. The Morgan fingerprint density at radius 1 is 0.778 bits per heavy atom. The third kappa shape index (κ3) is 6.33. The molecule has 0 N–H and O–H groups in total. The molecule has 0 aliphatic heterocycles. The van der Waals surface area contributed by atoms with Crippen LogP contribution in [-0.4, -0.2) is 5.97 Å². The molecular weight excluding hydrogens is 446 g/mol.